The molecule has 100 valence electrons. The Hall–Kier alpha value is -1.52. The summed E-state index contributed by atoms with van der Waals surface area (Å²) in [5.41, 5.74) is 10.2. The smallest absolute Gasteiger partial charge is 0.0676 e. The van der Waals surface area contributed by atoms with Gasteiger partial charge in [-0.3, -0.25) is 4.98 Å². The lowest BCUT2D eigenvalue weighted by Gasteiger charge is -2.16. The zero-order valence-electron chi connectivity index (χ0n) is 11.1. The van der Waals surface area contributed by atoms with Crippen molar-refractivity contribution in [1.29, 1.82) is 0 Å². The highest BCUT2D eigenvalue weighted by Crippen LogP contribution is 2.23. The lowest BCUT2D eigenvalue weighted by atomic mass is 9.98. The van der Waals surface area contributed by atoms with Crippen LogP contribution in [0.25, 0.3) is 0 Å². The highest BCUT2D eigenvalue weighted by atomic mass is 35.5. The van der Waals surface area contributed by atoms with Crippen molar-refractivity contribution in [3.05, 3.63) is 52.1 Å². The van der Waals surface area contributed by atoms with E-state index in [-0.39, 0.29) is 6.04 Å². The SMILES string of the molecule is CCc1nnc(C)cc1C(N)Cc1ccncc1Cl. The fourth-order valence-corrected chi connectivity index (χ4v) is 2.24. The second-order valence-corrected chi connectivity index (χ2v) is 4.93. The van der Waals surface area contributed by atoms with Crippen LogP contribution in [-0.2, 0) is 12.8 Å². The maximum absolute atomic E-state index is 6.29. The van der Waals surface area contributed by atoms with Crippen molar-refractivity contribution in [2.45, 2.75) is 32.7 Å². The Bertz CT molecular complexity index is 571. The molecule has 0 aliphatic carbocycles. The van der Waals surface area contributed by atoms with E-state index in [0.29, 0.717) is 11.4 Å². The number of aryl methyl sites for hydroxylation is 2. The third-order valence-corrected chi connectivity index (χ3v) is 3.40. The minimum atomic E-state index is -0.135. The van der Waals surface area contributed by atoms with Crippen LogP contribution in [-0.4, -0.2) is 15.2 Å². The van der Waals surface area contributed by atoms with Gasteiger partial charge in [-0.2, -0.15) is 10.2 Å². The predicted octanol–water partition coefficient (Wildman–Crippen LogP) is 2.64. The first-order valence-electron chi connectivity index (χ1n) is 6.29. The van der Waals surface area contributed by atoms with Gasteiger partial charge in [0.25, 0.3) is 0 Å². The fourth-order valence-electron chi connectivity index (χ4n) is 2.05. The van der Waals surface area contributed by atoms with Crippen LogP contribution in [0.15, 0.2) is 24.5 Å². The summed E-state index contributed by atoms with van der Waals surface area (Å²) in [7, 11) is 0. The second-order valence-electron chi connectivity index (χ2n) is 4.52. The summed E-state index contributed by atoms with van der Waals surface area (Å²) < 4.78 is 0. The Morgan fingerprint density at radius 3 is 2.84 bits per heavy atom. The molecule has 1 unspecified atom stereocenters. The number of aromatic nitrogens is 3. The summed E-state index contributed by atoms with van der Waals surface area (Å²) in [6.07, 6.45) is 4.85. The number of halogens is 1. The summed E-state index contributed by atoms with van der Waals surface area (Å²) >= 11 is 6.11. The molecule has 0 aliphatic rings. The zero-order chi connectivity index (χ0) is 13.8. The van der Waals surface area contributed by atoms with Crippen molar-refractivity contribution >= 4 is 11.6 Å². The summed E-state index contributed by atoms with van der Waals surface area (Å²) in [6, 6.07) is 3.77. The molecule has 0 radical (unpaired) electrons. The van der Waals surface area contributed by atoms with Crippen molar-refractivity contribution in [1.82, 2.24) is 15.2 Å². The molecule has 2 aromatic rings. The molecule has 0 saturated heterocycles. The van der Waals surface area contributed by atoms with Gasteiger partial charge >= 0.3 is 0 Å². The number of nitrogens with two attached hydrogens (primary N) is 1. The van der Waals surface area contributed by atoms with Crippen molar-refractivity contribution in [3.63, 3.8) is 0 Å². The average Bonchev–Trinajstić information content (AvgIpc) is 2.41. The van der Waals surface area contributed by atoms with Gasteiger partial charge in [0.05, 0.1) is 16.4 Å². The topological polar surface area (TPSA) is 64.7 Å². The van der Waals surface area contributed by atoms with Crippen LogP contribution in [0.4, 0.5) is 0 Å². The predicted molar refractivity (Wildman–Crippen MR) is 76.0 cm³/mol. The van der Waals surface area contributed by atoms with Crippen LogP contribution in [0.3, 0.4) is 0 Å². The first-order chi connectivity index (χ1) is 9.11. The molecular formula is C14H17ClN4. The number of pyridine rings is 1. The van der Waals surface area contributed by atoms with E-state index in [9.17, 15) is 0 Å². The Morgan fingerprint density at radius 2 is 2.16 bits per heavy atom. The molecule has 0 spiro atoms. The van der Waals surface area contributed by atoms with Crippen LogP contribution in [0.1, 0.15) is 35.5 Å². The maximum Gasteiger partial charge on any atom is 0.0676 e. The Balaban J connectivity index is 2.27. The number of nitrogens with zero attached hydrogens (tertiary/aromatic N) is 3. The third-order valence-electron chi connectivity index (χ3n) is 3.06. The first kappa shape index (κ1) is 13.9. The van der Waals surface area contributed by atoms with Crippen LogP contribution >= 0.6 is 11.6 Å². The highest BCUT2D eigenvalue weighted by Gasteiger charge is 2.14. The standard InChI is InChI=1S/C14H17ClN4/c1-3-14-11(6-9(2)18-19-14)13(16)7-10-4-5-17-8-12(10)15/h4-6,8,13H,3,7,16H2,1-2H3. The molecule has 0 fully saturated rings. The van der Waals surface area contributed by atoms with Gasteiger partial charge in [-0.05, 0) is 43.0 Å². The van der Waals surface area contributed by atoms with Gasteiger partial charge < -0.3 is 5.73 Å². The lowest BCUT2D eigenvalue weighted by molar-refractivity contribution is 0.691. The van der Waals surface area contributed by atoms with Crippen LogP contribution in [0.5, 0.6) is 0 Å². The molecule has 5 heteroatoms. The van der Waals surface area contributed by atoms with E-state index in [4.69, 9.17) is 17.3 Å². The van der Waals surface area contributed by atoms with E-state index in [1.807, 2.05) is 19.1 Å². The number of hydrogen-bond acceptors (Lipinski definition) is 4. The molecule has 19 heavy (non-hydrogen) atoms. The Kier molecular flexibility index (Phi) is 4.45. The van der Waals surface area contributed by atoms with Gasteiger partial charge in [0.15, 0.2) is 0 Å². The van der Waals surface area contributed by atoms with Crippen LogP contribution in [0.2, 0.25) is 5.02 Å². The third kappa shape index (κ3) is 3.28. The summed E-state index contributed by atoms with van der Waals surface area (Å²) in [5.74, 6) is 0. The molecule has 2 aromatic heterocycles. The minimum Gasteiger partial charge on any atom is -0.324 e. The van der Waals surface area contributed by atoms with E-state index in [0.717, 1.165) is 28.9 Å². The molecule has 2 heterocycles. The quantitative estimate of drug-likeness (QED) is 0.932. The monoisotopic (exact) mass is 276 g/mol. The maximum atomic E-state index is 6.29. The summed E-state index contributed by atoms with van der Waals surface area (Å²) in [6.45, 7) is 3.97. The van der Waals surface area contributed by atoms with E-state index in [2.05, 4.69) is 22.1 Å². The molecule has 0 aliphatic heterocycles. The minimum absolute atomic E-state index is 0.135. The fraction of sp³-hybridized carbons (Fsp3) is 0.357. The largest absolute Gasteiger partial charge is 0.324 e. The molecular weight excluding hydrogens is 260 g/mol. The zero-order valence-corrected chi connectivity index (χ0v) is 11.9. The van der Waals surface area contributed by atoms with E-state index < -0.39 is 0 Å². The molecule has 0 saturated carbocycles. The van der Waals surface area contributed by atoms with Gasteiger partial charge in [-0.1, -0.05) is 18.5 Å². The second kappa shape index (κ2) is 6.08. The van der Waals surface area contributed by atoms with E-state index in [1.54, 1.807) is 12.4 Å². The highest BCUT2D eigenvalue weighted by molar-refractivity contribution is 6.31. The van der Waals surface area contributed by atoms with Crippen molar-refractivity contribution in [2.24, 2.45) is 5.73 Å². The van der Waals surface area contributed by atoms with Gasteiger partial charge in [-0.25, -0.2) is 0 Å². The number of hydrogen-bond donors (Lipinski definition) is 1. The molecule has 0 bridgehead atoms. The van der Waals surface area contributed by atoms with Crippen molar-refractivity contribution in [3.8, 4) is 0 Å². The Morgan fingerprint density at radius 1 is 1.37 bits per heavy atom. The van der Waals surface area contributed by atoms with E-state index in [1.165, 1.54) is 0 Å². The average molecular weight is 277 g/mol. The first-order valence-corrected chi connectivity index (χ1v) is 6.66. The van der Waals surface area contributed by atoms with Gasteiger partial charge in [-0.15, -0.1) is 0 Å². The van der Waals surface area contributed by atoms with Crippen molar-refractivity contribution in [2.75, 3.05) is 0 Å². The van der Waals surface area contributed by atoms with Gasteiger partial charge in [0.2, 0.25) is 0 Å². The number of rotatable bonds is 4. The molecule has 1 atom stereocenters. The van der Waals surface area contributed by atoms with Crippen LogP contribution < -0.4 is 5.73 Å². The normalized spacial score (nSPS) is 12.4. The van der Waals surface area contributed by atoms with E-state index >= 15 is 0 Å². The molecule has 0 amide bonds. The van der Waals surface area contributed by atoms with Crippen molar-refractivity contribution < 1.29 is 0 Å². The molecule has 0 aromatic carbocycles. The van der Waals surface area contributed by atoms with Gasteiger partial charge in [0.1, 0.15) is 0 Å². The molecule has 2 rings (SSSR count). The lowest BCUT2D eigenvalue weighted by Crippen LogP contribution is -2.17. The molecule has 2 N–H and O–H groups in total. The Labute approximate surface area is 118 Å². The van der Waals surface area contributed by atoms with Crippen LogP contribution in [0, 0.1) is 6.92 Å². The molecule has 4 nitrogen and oxygen atoms in total. The van der Waals surface area contributed by atoms with Gasteiger partial charge in [0, 0.05) is 18.4 Å². The summed E-state index contributed by atoms with van der Waals surface area (Å²) in [4.78, 5) is 3.98. The summed E-state index contributed by atoms with van der Waals surface area (Å²) in [5, 5.41) is 8.93.